The molecule has 1 saturated heterocycles. The number of methoxy groups -OCH3 is 1. The molecule has 1 fully saturated rings. The average molecular weight is 331 g/mol. The Morgan fingerprint density at radius 1 is 1.68 bits per heavy atom. The molecular weight excluding hydrogens is 312 g/mol. The largest absolute Gasteiger partial charge is 0.377 e. The number of carbonyl (C=O) groups is 1. The minimum atomic E-state index is -0.0367. The van der Waals surface area contributed by atoms with Crippen molar-refractivity contribution in [3.05, 3.63) is 17.5 Å². The standard InChI is InChI=1S/C13H19BrN2O3/c1-18-9-11-7-12(15-19-11)13(17)16-6-2-3-10(8-16)4-5-14/h7,10H,2-6,8-9H2,1H3. The molecule has 1 atom stereocenters. The molecule has 6 heteroatoms. The van der Waals surface area contributed by atoms with E-state index in [1.165, 1.54) is 6.42 Å². The van der Waals surface area contributed by atoms with Gasteiger partial charge in [-0.3, -0.25) is 4.79 Å². The van der Waals surface area contributed by atoms with Gasteiger partial charge in [0.1, 0.15) is 6.61 Å². The van der Waals surface area contributed by atoms with E-state index >= 15 is 0 Å². The highest BCUT2D eigenvalue weighted by Gasteiger charge is 2.26. The van der Waals surface area contributed by atoms with E-state index in [4.69, 9.17) is 9.26 Å². The summed E-state index contributed by atoms with van der Waals surface area (Å²) in [6.07, 6.45) is 3.37. The monoisotopic (exact) mass is 330 g/mol. The second-order valence-electron chi connectivity index (χ2n) is 4.85. The number of aromatic nitrogens is 1. The zero-order chi connectivity index (χ0) is 13.7. The predicted octanol–water partition coefficient (Wildman–Crippen LogP) is 2.46. The maximum Gasteiger partial charge on any atom is 0.276 e. The summed E-state index contributed by atoms with van der Waals surface area (Å²) in [6.45, 7) is 1.97. The van der Waals surface area contributed by atoms with Gasteiger partial charge in [0.05, 0.1) is 0 Å². The van der Waals surface area contributed by atoms with Crippen LogP contribution in [-0.2, 0) is 11.3 Å². The number of nitrogens with zero attached hydrogens (tertiary/aromatic N) is 2. The third-order valence-electron chi connectivity index (χ3n) is 3.39. The average Bonchev–Trinajstić information content (AvgIpc) is 2.88. The lowest BCUT2D eigenvalue weighted by Crippen LogP contribution is -2.40. The summed E-state index contributed by atoms with van der Waals surface area (Å²) in [7, 11) is 1.58. The second-order valence-corrected chi connectivity index (χ2v) is 5.64. The fourth-order valence-electron chi connectivity index (χ4n) is 2.43. The first-order valence-corrected chi connectivity index (χ1v) is 7.66. The van der Waals surface area contributed by atoms with E-state index in [0.717, 1.165) is 31.3 Å². The van der Waals surface area contributed by atoms with Gasteiger partial charge in [0.2, 0.25) is 0 Å². The quantitative estimate of drug-likeness (QED) is 0.778. The first kappa shape index (κ1) is 14.5. The molecule has 0 aliphatic carbocycles. The van der Waals surface area contributed by atoms with Crippen LogP contribution in [0.3, 0.4) is 0 Å². The lowest BCUT2D eigenvalue weighted by Gasteiger charge is -2.32. The molecule has 106 valence electrons. The molecule has 0 spiro atoms. The predicted molar refractivity (Wildman–Crippen MR) is 74.3 cm³/mol. The first-order valence-electron chi connectivity index (χ1n) is 6.54. The molecule has 0 aromatic carbocycles. The topological polar surface area (TPSA) is 55.6 Å². The lowest BCUT2D eigenvalue weighted by atomic mass is 9.95. The molecule has 0 radical (unpaired) electrons. The number of likely N-dealkylation sites (tertiary alicyclic amines) is 1. The van der Waals surface area contributed by atoms with E-state index in [1.807, 2.05) is 4.90 Å². The van der Waals surface area contributed by atoms with Crippen LogP contribution in [0.1, 0.15) is 35.5 Å². The van der Waals surface area contributed by atoms with Gasteiger partial charge in [-0.05, 0) is 25.2 Å². The number of piperidine rings is 1. The van der Waals surface area contributed by atoms with Crippen molar-refractivity contribution in [3.8, 4) is 0 Å². The third-order valence-corrected chi connectivity index (χ3v) is 3.85. The van der Waals surface area contributed by atoms with Crippen molar-refractivity contribution in [2.45, 2.75) is 25.9 Å². The fraction of sp³-hybridized carbons (Fsp3) is 0.692. The molecule has 1 aliphatic heterocycles. The van der Waals surface area contributed by atoms with Gasteiger partial charge in [0.15, 0.2) is 11.5 Å². The van der Waals surface area contributed by atoms with Gasteiger partial charge >= 0.3 is 0 Å². The number of hydrogen-bond donors (Lipinski definition) is 0. The molecule has 1 aliphatic rings. The fourth-order valence-corrected chi connectivity index (χ4v) is 3.07. The smallest absolute Gasteiger partial charge is 0.276 e. The lowest BCUT2D eigenvalue weighted by molar-refractivity contribution is 0.0661. The highest BCUT2D eigenvalue weighted by atomic mass is 79.9. The molecule has 1 aromatic heterocycles. The van der Waals surface area contributed by atoms with Crippen molar-refractivity contribution >= 4 is 21.8 Å². The van der Waals surface area contributed by atoms with Crippen molar-refractivity contribution in [2.24, 2.45) is 5.92 Å². The Labute approximate surface area is 121 Å². The Morgan fingerprint density at radius 2 is 2.53 bits per heavy atom. The maximum absolute atomic E-state index is 12.3. The van der Waals surface area contributed by atoms with Gasteiger partial charge in [-0.15, -0.1) is 0 Å². The summed E-state index contributed by atoms with van der Waals surface area (Å²) in [5.41, 5.74) is 0.381. The van der Waals surface area contributed by atoms with Crippen LogP contribution < -0.4 is 0 Å². The number of hydrogen-bond acceptors (Lipinski definition) is 4. The molecule has 0 saturated carbocycles. The number of rotatable bonds is 5. The van der Waals surface area contributed by atoms with Crippen molar-refractivity contribution in [1.29, 1.82) is 0 Å². The Kier molecular flexibility index (Phi) is 5.39. The van der Waals surface area contributed by atoms with Gasteiger partial charge < -0.3 is 14.2 Å². The summed E-state index contributed by atoms with van der Waals surface area (Å²) >= 11 is 3.46. The van der Waals surface area contributed by atoms with Crippen LogP contribution in [0.15, 0.2) is 10.6 Å². The molecule has 19 heavy (non-hydrogen) atoms. The third kappa shape index (κ3) is 3.79. The van der Waals surface area contributed by atoms with Gasteiger partial charge in [0.25, 0.3) is 5.91 Å². The van der Waals surface area contributed by atoms with Crippen LogP contribution in [0, 0.1) is 5.92 Å². The van der Waals surface area contributed by atoms with Crippen LogP contribution in [0.4, 0.5) is 0 Å². The van der Waals surface area contributed by atoms with Gasteiger partial charge in [-0.1, -0.05) is 21.1 Å². The number of ether oxygens (including phenoxy) is 1. The summed E-state index contributed by atoms with van der Waals surface area (Å²) in [5.74, 6) is 1.13. The van der Waals surface area contributed by atoms with Crippen molar-refractivity contribution in [2.75, 3.05) is 25.5 Å². The molecule has 1 unspecified atom stereocenters. The van der Waals surface area contributed by atoms with Crippen LogP contribution in [0.25, 0.3) is 0 Å². The number of carbonyl (C=O) groups excluding carboxylic acids is 1. The van der Waals surface area contributed by atoms with E-state index in [2.05, 4.69) is 21.1 Å². The number of halogens is 1. The van der Waals surface area contributed by atoms with E-state index in [-0.39, 0.29) is 5.91 Å². The van der Waals surface area contributed by atoms with E-state index < -0.39 is 0 Å². The van der Waals surface area contributed by atoms with Crippen LogP contribution in [0.2, 0.25) is 0 Å². The minimum absolute atomic E-state index is 0.0367. The summed E-state index contributed by atoms with van der Waals surface area (Å²) in [6, 6.07) is 1.67. The summed E-state index contributed by atoms with van der Waals surface area (Å²) in [5, 5.41) is 4.81. The molecular formula is C13H19BrN2O3. The number of amides is 1. The Hall–Kier alpha value is -0.880. The maximum atomic E-state index is 12.3. The normalized spacial score (nSPS) is 19.7. The van der Waals surface area contributed by atoms with E-state index in [1.54, 1.807) is 13.2 Å². The SMILES string of the molecule is COCc1cc(C(=O)N2CCCC(CCBr)C2)no1. The summed E-state index contributed by atoms with van der Waals surface area (Å²) < 4.78 is 10.0. The van der Waals surface area contributed by atoms with Gasteiger partial charge in [-0.2, -0.15) is 0 Å². The highest BCUT2D eigenvalue weighted by molar-refractivity contribution is 9.09. The van der Waals surface area contributed by atoms with Crippen LogP contribution >= 0.6 is 15.9 Å². The molecule has 2 heterocycles. The molecule has 0 N–H and O–H groups in total. The number of alkyl halides is 1. The second kappa shape index (κ2) is 7.05. The van der Waals surface area contributed by atoms with Crippen molar-refractivity contribution in [3.63, 3.8) is 0 Å². The van der Waals surface area contributed by atoms with Gasteiger partial charge in [-0.25, -0.2) is 0 Å². The first-order chi connectivity index (χ1) is 9.24. The molecule has 2 rings (SSSR count). The molecule has 0 bridgehead atoms. The zero-order valence-corrected chi connectivity index (χ0v) is 12.7. The van der Waals surface area contributed by atoms with E-state index in [0.29, 0.717) is 24.0 Å². The van der Waals surface area contributed by atoms with Crippen molar-refractivity contribution < 1.29 is 14.1 Å². The Balaban J connectivity index is 1.97. The molecule has 1 aromatic rings. The Bertz CT molecular complexity index is 420. The molecule has 5 nitrogen and oxygen atoms in total. The van der Waals surface area contributed by atoms with Crippen LogP contribution in [-0.4, -0.2) is 41.5 Å². The molecule has 1 amide bonds. The van der Waals surface area contributed by atoms with Crippen molar-refractivity contribution in [1.82, 2.24) is 10.1 Å². The Morgan fingerprint density at radius 3 is 3.26 bits per heavy atom. The van der Waals surface area contributed by atoms with Gasteiger partial charge in [0, 0.05) is 31.6 Å². The van der Waals surface area contributed by atoms with E-state index in [9.17, 15) is 4.79 Å². The summed E-state index contributed by atoms with van der Waals surface area (Å²) in [4.78, 5) is 14.2. The van der Waals surface area contributed by atoms with Crippen LogP contribution in [0.5, 0.6) is 0 Å². The highest BCUT2D eigenvalue weighted by Crippen LogP contribution is 2.22. The minimum Gasteiger partial charge on any atom is -0.377 e. The zero-order valence-electron chi connectivity index (χ0n) is 11.1.